The first-order valence-electron chi connectivity index (χ1n) is 4.81. The van der Waals surface area contributed by atoms with Crippen molar-refractivity contribution in [2.45, 2.75) is 6.54 Å². The molecular weight excluding hydrogens is 271 g/mol. The second-order valence-electron chi connectivity index (χ2n) is 3.49. The van der Waals surface area contributed by atoms with Crippen molar-refractivity contribution in [1.29, 1.82) is 0 Å². The number of hydrogen-bond donors (Lipinski definition) is 0. The van der Waals surface area contributed by atoms with Gasteiger partial charge in [0, 0.05) is 0 Å². The van der Waals surface area contributed by atoms with Crippen LogP contribution in [0.3, 0.4) is 0 Å². The first-order chi connectivity index (χ1) is 6.79. The zero-order valence-electron chi connectivity index (χ0n) is 9.20. The summed E-state index contributed by atoms with van der Waals surface area (Å²) in [7, 11) is 4.15. The minimum Gasteiger partial charge on any atom is -0.316 e. The standard InChI is InChI=1S/C8H12N.C5H5.Ru/c1-9(2)7-8-5-3-4-6-8;1-2-4-5-3-1;/h3-6H,7H2,1-2H3;1-5H;/q2*-1;+2. The van der Waals surface area contributed by atoms with Crippen LogP contribution < -0.4 is 0 Å². The Morgan fingerprint density at radius 1 is 1.00 bits per heavy atom. The van der Waals surface area contributed by atoms with E-state index in [1.54, 1.807) is 0 Å². The maximum atomic E-state index is 2.16. The fourth-order valence-electron chi connectivity index (χ4n) is 1.21. The van der Waals surface area contributed by atoms with E-state index in [0.29, 0.717) is 0 Å². The Bertz CT molecular complexity index is 278. The van der Waals surface area contributed by atoms with E-state index in [1.807, 2.05) is 30.3 Å². The summed E-state index contributed by atoms with van der Waals surface area (Å²) in [6.45, 7) is 1.05. The maximum Gasteiger partial charge on any atom is 2.00 e. The molecule has 0 unspecified atom stereocenters. The van der Waals surface area contributed by atoms with Crippen LogP contribution in [-0.4, -0.2) is 19.0 Å². The second-order valence-corrected chi connectivity index (χ2v) is 3.49. The van der Waals surface area contributed by atoms with E-state index in [2.05, 4.69) is 43.3 Å². The topological polar surface area (TPSA) is 3.24 Å². The van der Waals surface area contributed by atoms with E-state index in [1.165, 1.54) is 5.56 Å². The zero-order valence-corrected chi connectivity index (χ0v) is 10.9. The van der Waals surface area contributed by atoms with Gasteiger partial charge in [0.05, 0.1) is 0 Å². The molecule has 2 heteroatoms. The van der Waals surface area contributed by atoms with Gasteiger partial charge in [0.25, 0.3) is 0 Å². The Labute approximate surface area is 105 Å². The largest absolute Gasteiger partial charge is 2.00 e. The molecule has 0 fully saturated rings. The summed E-state index contributed by atoms with van der Waals surface area (Å²) < 4.78 is 0. The molecule has 0 aliphatic heterocycles. The van der Waals surface area contributed by atoms with Crippen molar-refractivity contribution in [3.8, 4) is 0 Å². The normalized spacial score (nSPS) is 9.00. The minimum atomic E-state index is 0. The monoisotopic (exact) mass is 289 g/mol. The summed E-state index contributed by atoms with van der Waals surface area (Å²) in [4.78, 5) is 2.16. The third-order valence-corrected chi connectivity index (χ3v) is 1.79. The van der Waals surface area contributed by atoms with Crippen LogP contribution in [0.5, 0.6) is 0 Å². The Morgan fingerprint density at radius 3 is 1.87 bits per heavy atom. The Balaban J connectivity index is 0.000000280. The molecule has 0 N–H and O–H groups in total. The molecule has 2 rings (SSSR count). The molecule has 2 aromatic rings. The van der Waals surface area contributed by atoms with Gasteiger partial charge in [0.1, 0.15) is 0 Å². The maximum absolute atomic E-state index is 2.16. The van der Waals surface area contributed by atoms with E-state index in [-0.39, 0.29) is 19.5 Å². The molecule has 0 heterocycles. The first-order valence-corrected chi connectivity index (χ1v) is 4.81. The zero-order chi connectivity index (χ0) is 10.2. The van der Waals surface area contributed by atoms with E-state index in [9.17, 15) is 0 Å². The molecule has 15 heavy (non-hydrogen) atoms. The average molecular weight is 288 g/mol. The van der Waals surface area contributed by atoms with Crippen molar-refractivity contribution in [3.63, 3.8) is 0 Å². The average Bonchev–Trinajstić information content (AvgIpc) is 2.75. The molecule has 1 nitrogen and oxygen atoms in total. The molecule has 0 saturated carbocycles. The van der Waals surface area contributed by atoms with Crippen LogP contribution in [-0.2, 0) is 26.0 Å². The van der Waals surface area contributed by atoms with Crippen LogP contribution in [0, 0.1) is 0 Å². The predicted molar refractivity (Wildman–Crippen MR) is 61.5 cm³/mol. The SMILES string of the molecule is CN(C)C[c-]1cccc1.[Ru+2].c1cc[cH-]c1. The van der Waals surface area contributed by atoms with Crippen LogP contribution in [0.15, 0.2) is 54.6 Å². The van der Waals surface area contributed by atoms with Crippen molar-refractivity contribution in [1.82, 2.24) is 4.90 Å². The van der Waals surface area contributed by atoms with Gasteiger partial charge in [0.2, 0.25) is 0 Å². The summed E-state index contributed by atoms with van der Waals surface area (Å²) in [5.74, 6) is 0. The van der Waals surface area contributed by atoms with Gasteiger partial charge >= 0.3 is 19.5 Å². The van der Waals surface area contributed by atoms with E-state index < -0.39 is 0 Å². The van der Waals surface area contributed by atoms with Gasteiger partial charge in [-0.15, -0.1) is 5.56 Å². The summed E-state index contributed by atoms with van der Waals surface area (Å²) in [5.41, 5.74) is 1.39. The molecule has 0 bridgehead atoms. The Morgan fingerprint density at radius 2 is 1.53 bits per heavy atom. The number of nitrogens with zero attached hydrogens (tertiary/aromatic N) is 1. The summed E-state index contributed by atoms with van der Waals surface area (Å²) in [5, 5.41) is 0. The first kappa shape index (κ1) is 14.3. The molecule has 0 spiro atoms. The fraction of sp³-hybridized carbons (Fsp3) is 0.231. The molecule has 0 aliphatic rings. The van der Waals surface area contributed by atoms with Crippen LogP contribution in [0.1, 0.15) is 5.56 Å². The van der Waals surface area contributed by atoms with E-state index >= 15 is 0 Å². The van der Waals surface area contributed by atoms with Crippen molar-refractivity contribution in [3.05, 3.63) is 60.2 Å². The van der Waals surface area contributed by atoms with Crippen LogP contribution >= 0.6 is 0 Å². The third-order valence-electron chi connectivity index (χ3n) is 1.79. The van der Waals surface area contributed by atoms with Crippen molar-refractivity contribution in [2.75, 3.05) is 14.1 Å². The van der Waals surface area contributed by atoms with Gasteiger partial charge in [-0.2, -0.15) is 30.3 Å². The van der Waals surface area contributed by atoms with Crippen molar-refractivity contribution < 1.29 is 19.5 Å². The molecule has 82 valence electrons. The molecule has 0 aliphatic carbocycles. The summed E-state index contributed by atoms with van der Waals surface area (Å²) >= 11 is 0. The van der Waals surface area contributed by atoms with Gasteiger partial charge in [-0.3, -0.25) is 0 Å². The van der Waals surface area contributed by atoms with Crippen LogP contribution in [0.25, 0.3) is 0 Å². The summed E-state index contributed by atoms with van der Waals surface area (Å²) in [6, 6.07) is 18.4. The number of rotatable bonds is 2. The molecule has 0 saturated heterocycles. The second kappa shape index (κ2) is 8.58. The third kappa shape index (κ3) is 7.24. The van der Waals surface area contributed by atoms with Crippen LogP contribution in [0.4, 0.5) is 0 Å². The molecule has 0 amide bonds. The predicted octanol–water partition coefficient (Wildman–Crippen LogP) is 2.87. The molecule has 0 atom stereocenters. The Kier molecular flexibility index (Phi) is 8.17. The van der Waals surface area contributed by atoms with Gasteiger partial charge < -0.3 is 4.90 Å². The Hall–Kier alpha value is -0.717. The smallest absolute Gasteiger partial charge is 0.316 e. The van der Waals surface area contributed by atoms with Gasteiger partial charge in [-0.25, -0.2) is 24.3 Å². The van der Waals surface area contributed by atoms with Crippen LogP contribution in [0.2, 0.25) is 0 Å². The number of hydrogen-bond acceptors (Lipinski definition) is 1. The van der Waals surface area contributed by atoms with E-state index in [4.69, 9.17) is 0 Å². The molecule has 2 aromatic carbocycles. The van der Waals surface area contributed by atoms with Gasteiger partial charge in [-0.05, 0) is 20.6 Å². The fourth-order valence-corrected chi connectivity index (χ4v) is 1.21. The molecular formula is C13H17NRu. The van der Waals surface area contributed by atoms with E-state index in [0.717, 1.165) is 6.54 Å². The van der Waals surface area contributed by atoms with Gasteiger partial charge in [0.15, 0.2) is 0 Å². The molecule has 0 aromatic heterocycles. The summed E-state index contributed by atoms with van der Waals surface area (Å²) in [6.07, 6.45) is 0. The minimum absolute atomic E-state index is 0. The van der Waals surface area contributed by atoms with Crippen molar-refractivity contribution >= 4 is 0 Å². The van der Waals surface area contributed by atoms with Crippen molar-refractivity contribution in [2.24, 2.45) is 0 Å². The quantitative estimate of drug-likeness (QED) is 0.607. The molecule has 0 radical (unpaired) electrons. The van der Waals surface area contributed by atoms with Gasteiger partial charge in [-0.1, -0.05) is 0 Å².